The van der Waals surface area contributed by atoms with Gasteiger partial charge in [0.1, 0.15) is 5.75 Å². The minimum atomic E-state index is -0.297. The zero-order valence-electron chi connectivity index (χ0n) is 14.4. The number of fused-ring (bicyclic) bond motifs is 1. The van der Waals surface area contributed by atoms with Crippen LogP contribution in [0.4, 0.5) is 10.5 Å². The van der Waals surface area contributed by atoms with Gasteiger partial charge >= 0.3 is 6.09 Å². The summed E-state index contributed by atoms with van der Waals surface area (Å²) in [5.74, 6) is 0.642. The highest BCUT2D eigenvalue weighted by Gasteiger charge is 2.24. The second kappa shape index (κ2) is 8.69. The summed E-state index contributed by atoms with van der Waals surface area (Å²) in [6.07, 6.45) is 3.21. The molecule has 2 aromatic rings. The van der Waals surface area contributed by atoms with Gasteiger partial charge < -0.3 is 15.1 Å². The molecule has 1 aromatic carbocycles. The van der Waals surface area contributed by atoms with E-state index >= 15 is 0 Å². The zero-order chi connectivity index (χ0) is 16.9. The molecule has 2 heterocycles. The van der Waals surface area contributed by atoms with Crippen LogP contribution in [0, 0.1) is 0 Å². The van der Waals surface area contributed by atoms with E-state index in [-0.39, 0.29) is 18.5 Å². The molecule has 1 aliphatic heterocycles. The Morgan fingerprint density at radius 1 is 1.20 bits per heavy atom. The van der Waals surface area contributed by atoms with Gasteiger partial charge in [0.15, 0.2) is 0 Å². The molecular weight excluding hydrogens is 340 g/mol. The number of benzene rings is 1. The molecule has 0 unspecified atom stereocenters. The van der Waals surface area contributed by atoms with Crippen molar-refractivity contribution in [2.24, 2.45) is 0 Å². The molecule has 6 nitrogen and oxygen atoms in total. The Balaban J connectivity index is 0.00000225. The molecular formula is C18H23ClN4O2. The second-order valence-corrected chi connectivity index (χ2v) is 5.64. The average Bonchev–Trinajstić information content (AvgIpc) is 3.00. The summed E-state index contributed by atoms with van der Waals surface area (Å²) in [4.78, 5) is 17.9. The highest BCUT2D eigenvalue weighted by molar-refractivity contribution is 5.85. The minimum absolute atomic E-state index is 0. The lowest BCUT2D eigenvalue weighted by Crippen LogP contribution is -2.33. The molecule has 0 radical (unpaired) electrons. The van der Waals surface area contributed by atoms with E-state index in [1.54, 1.807) is 17.3 Å². The Hall–Kier alpha value is -2.31. The Labute approximate surface area is 154 Å². The number of nitrogens with zero attached hydrogens (tertiary/aromatic N) is 3. The van der Waals surface area contributed by atoms with Gasteiger partial charge in [-0.2, -0.15) is 0 Å². The van der Waals surface area contributed by atoms with Gasteiger partial charge in [0.2, 0.25) is 0 Å². The van der Waals surface area contributed by atoms with Gasteiger partial charge in [-0.15, -0.1) is 12.4 Å². The first-order valence-corrected chi connectivity index (χ1v) is 8.20. The number of nitrogens with one attached hydrogen (secondary N) is 1. The SMILES string of the molecule is CCN(CC)C(=O)Oc1cccc2c1CN(Nc1ccncc1)C2.Cl. The fourth-order valence-corrected chi connectivity index (χ4v) is 2.82. The molecule has 1 aromatic heterocycles. The van der Waals surface area contributed by atoms with Crippen LogP contribution in [0.5, 0.6) is 5.75 Å². The maximum atomic E-state index is 12.2. The summed E-state index contributed by atoms with van der Waals surface area (Å²) in [7, 11) is 0. The average molecular weight is 363 g/mol. The number of rotatable bonds is 5. The number of ether oxygens (including phenoxy) is 1. The zero-order valence-corrected chi connectivity index (χ0v) is 15.3. The van der Waals surface area contributed by atoms with Crippen LogP contribution in [0.1, 0.15) is 25.0 Å². The van der Waals surface area contributed by atoms with Crippen LogP contribution in [-0.4, -0.2) is 34.1 Å². The van der Waals surface area contributed by atoms with Crippen molar-refractivity contribution in [2.75, 3.05) is 18.5 Å². The quantitative estimate of drug-likeness (QED) is 0.879. The lowest BCUT2D eigenvalue weighted by atomic mass is 10.1. The number of carbonyl (C=O) groups is 1. The van der Waals surface area contributed by atoms with Gasteiger partial charge in [0.25, 0.3) is 0 Å². The maximum absolute atomic E-state index is 12.2. The van der Waals surface area contributed by atoms with E-state index < -0.39 is 0 Å². The first kappa shape index (κ1) is 19.0. The molecule has 1 amide bonds. The number of carbonyl (C=O) groups excluding carboxylic acids is 1. The van der Waals surface area contributed by atoms with E-state index in [0.29, 0.717) is 25.4 Å². The molecule has 25 heavy (non-hydrogen) atoms. The number of hydrazine groups is 1. The summed E-state index contributed by atoms with van der Waals surface area (Å²) >= 11 is 0. The fraction of sp³-hybridized carbons (Fsp3) is 0.333. The van der Waals surface area contributed by atoms with Crippen molar-refractivity contribution < 1.29 is 9.53 Å². The maximum Gasteiger partial charge on any atom is 0.415 e. The number of amides is 1. The Bertz CT molecular complexity index is 707. The van der Waals surface area contributed by atoms with Crippen molar-refractivity contribution in [2.45, 2.75) is 26.9 Å². The van der Waals surface area contributed by atoms with Gasteiger partial charge in [-0.25, -0.2) is 9.80 Å². The first-order chi connectivity index (χ1) is 11.7. The normalized spacial score (nSPS) is 12.9. The standard InChI is InChI=1S/C18H22N4O2.ClH/c1-3-21(4-2)18(23)24-17-7-5-6-14-12-22(13-16(14)17)20-15-8-10-19-11-9-15;/h5-11H,3-4,12-13H2,1-2H3,(H,19,20);1H. The smallest absolute Gasteiger partial charge is 0.410 e. The van der Waals surface area contributed by atoms with Crippen molar-refractivity contribution in [3.63, 3.8) is 0 Å². The van der Waals surface area contributed by atoms with E-state index in [9.17, 15) is 4.79 Å². The van der Waals surface area contributed by atoms with Crippen molar-refractivity contribution in [3.8, 4) is 5.75 Å². The van der Waals surface area contributed by atoms with Crippen molar-refractivity contribution in [1.82, 2.24) is 14.9 Å². The lowest BCUT2D eigenvalue weighted by Gasteiger charge is -2.19. The molecule has 3 rings (SSSR count). The topological polar surface area (TPSA) is 57.7 Å². The van der Waals surface area contributed by atoms with Crippen LogP contribution in [0.3, 0.4) is 0 Å². The molecule has 134 valence electrons. The summed E-state index contributed by atoms with van der Waals surface area (Å²) in [6, 6.07) is 9.70. The molecule has 0 spiro atoms. The number of hydrogen-bond acceptors (Lipinski definition) is 5. The Kier molecular flexibility index (Phi) is 6.61. The van der Waals surface area contributed by atoms with Crippen LogP contribution in [0.2, 0.25) is 0 Å². The van der Waals surface area contributed by atoms with Gasteiger partial charge in [-0.1, -0.05) is 12.1 Å². The molecule has 1 N–H and O–H groups in total. The Morgan fingerprint density at radius 2 is 1.92 bits per heavy atom. The van der Waals surface area contributed by atoms with Crippen LogP contribution in [0.25, 0.3) is 0 Å². The molecule has 0 fully saturated rings. The van der Waals surface area contributed by atoms with E-state index in [4.69, 9.17) is 4.74 Å². The first-order valence-electron chi connectivity index (χ1n) is 8.20. The molecule has 0 saturated carbocycles. The van der Waals surface area contributed by atoms with Gasteiger partial charge in [0.05, 0.1) is 5.69 Å². The number of aromatic nitrogens is 1. The minimum Gasteiger partial charge on any atom is -0.410 e. The van der Waals surface area contributed by atoms with Gasteiger partial charge in [0, 0.05) is 44.1 Å². The largest absolute Gasteiger partial charge is 0.415 e. The predicted octanol–water partition coefficient (Wildman–Crippen LogP) is 3.69. The molecule has 0 aliphatic carbocycles. The molecule has 7 heteroatoms. The van der Waals surface area contributed by atoms with E-state index in [0.717, 1.165) is 17.8 Å². The third kappa shape index (κ3) is 4.41. The predicted molar refractivity (Wildman–Crippen MR) is 99.7 cm³/mol. The second-order valence-electron chi connectivity index (χ2n) is 5.64. The molecule has 0 saturated heterocycles. The van der Waals surface area contributed by atoms with E-state index in [2.05, 4.69) is 21.5 Å². The fourth-order valence-electron chi connectivity index (χ4n) is 2.82. The summed E-state index contributed by atoms with van der Waals surface area (Å²) in [5.41, 5.74) is 6.56. The van der Waals surface area contributed by atoms with E-state index in [1.165, 1.54) is 5.56 Å². The lowest BCUT2D eigenvalue weighted by molar-refractivity contribution is 0.156. The summed E-state index contributed by atoms with van der Waals surface area (Å²) < 4.78 is 5.62. The van der Waals surface area contributed by atoms with Crippen molar-refractivity contribution in [1.29, 1.82) is 0 Å². The monoisotopic (exact) mass is 362 g/mol. The molecule has 1 aliphatic rings. The number of halogens is 1. The molecule has 0 bridgehead atoms. The van der Waals surface area contributed by atoms with E-state index in [1.807, 2.05) is 38.1 Å². The summed E-state index contributed by atoms with van der Waals surface area (Å²) in [6.45, 7) is 6.61. The summed E-state index contributed by atoms with van der Waals surface area (Å²) in [5, 5.41) is 2.09. The Morgan fingerprint density at radius 3 is 2.60 bits per heavy atom. The van der Waals surface area contributed by atoms with Gasteiger partial charge in [-0.05, 0) is 37.6 Å². The van der Waals surface area contributed by atoms with Crippen LogP contribution >= 0.6 is 12.4 Å². The highest BCUT2D eigenvalue weighted by Crippen LogP contribution is 2.31. The highest BCUT2D eigenvalue weighted by atomic mass is 35.5. The number of hydrogen-bond donors (Lipinski definition) is 1. The van der Waals surface area contributed by atoms with Crippen LogP contribution in [0.15, 0.2) is 42.7 Å². The van der Waals surface area contributed by atoms with Gasteiger partial charge in [-0.3, -0.25) is 4.98 Å². The number of pyridine rings is 1. The van der Waals surface area contributed by atoms with Crippen molar-refractivity contribution >= 4 is 24.2 Å². The molecule has 0 atom stereocenters. The van der Waals surface area contributed by atoms with Crippen LogP contribution < -0.4 is 10.2 Å². The number of anilines is 1. The third-order valence-corrected chi connectivity index (χ3v) is 4.13. The third-order valence-electron chi connectivity index (χ3n) is 4.13. The van der Waals surface area contributed by atoms with Crippen molar-refractivity contribution in [3.05, 3.63) is 53.9 Å². The van der Waals surface area contributed by atoms with Crippen LogP contribution in [-0.2, 0) is 13.1 Å².